The summed E-state index contributed by atoms with van der Waals surface area (Å²) in [7, 11) is 2.13. The normalized spacial score (nSPS) is 19.0. The summed E-state index contributed by atoms with van der Waals surface area (Å²) in [6.07, 6.45) is 1.46. The van der Waals surface area contributed by atoms with Crippen molar-refractivity contribution in [2.75, 3.05) is 49.6 Å². The van der Waals surface area contributed by atoms with Crippen molar-refractivity contribution >= 4 is 23.3 Å². The molecule has 0 spiro atoms. The molecule has 1 atom stereocenters. The first-order chi connectivity index (χ1) is 15.0. The van der Waals surface area contributed by atoms with Gasteiger partial charge in [-0.15, -0.1) is 0 Å². The minimum atomic E-state index is -0.553. The number of nitrogens with one attached hydrogen (secondary N) is 1. The second-order valence-electron chi connectivity index (χ2n) is 8.06. The van der Waals surface area contributed by atoms with Crippen molar-refractivity contribution in [1.29, 1.82) is 0 Å². The molecule has 8 heteroatoms. The Morgan fingerprint density at radius 1 is 1.19 bits per heavy atom. The van der Waals surface area contributed by atoms with Gasteiger partial charge < -0.3 is 24.8 Å². The van der Waals surface area contributed by atoms with E-state index in [-0.39, 0.29) is 18.2 Å². The topological polar surface area (TPSA) is 78.0 Å². The van der Waals surface area contributed by atoms with E-state index in [0.29, 0.717) is 24.5 Å². The molecule has 0 saturated carbocycles. The number of amides is 2. The molecule has 0 bridgehead atoms. The fourth-order valence-electron chi connectivity index (χ4n) is 3.87. The zero-order chi connectivity index (χ0) is 21.8. The Morgan fingerprint density at radius 2 is 1.97 bits per heavy atom. The van der Waals surface area contributed by atoms with Gasteiger partial charge in [0.25, 0.3) is 5.91 Å². The molecule has 1 N–H and O–H groups in total. The molecule has 3 heterocycles. The van der Waals surface area contributed by atoms with Crippen LogP contribution in [0, 0.1) is 0 Å². The van der Waals surface area contributed by atoms with Crippen LogP contribution in [0.5, 0.6) is 5.75 Å². The van der Waals surface area contributed by atoms with Gasteiger partial charge in [-0.2, -0.15) is 0 Å². The molecule has 4 rings (SSSR count). The fraction of sp³-hybridized carbons (Fsp3) is 0.435. The van der Waals surface area contributed by atoms with Gasteiger partial charge in [0.05, 0.1) is 5.69 Å². The smallest absolute Gasteiger partial charge is 0.267 e. The van der Waals surface area contributed by atoms with Crippen LogP contribution in [-0.4, -0.2) is 67.6 Å². The highest BCUT2D eigenvalue weighted by atomic mass is 16.5. The van der Waals surface area contributed by atoms with E-state index >= 15 is 0 Å². The maximum Gasteiger partial charge on any atom is 0.267 e. The van der Waals surface area contributed by atoms with Crippen molar-refractivity contribution in [3.63, 3.8) is 0 Å². The summed E-state index contributed by atoms with van der Waals surface area (Å²) in [5, 5.41) is 2.96. The third kappa shape index (κ3) is 4.96. The summed E-state index contributed by atoms with van der Waals surface area (Å²) in [6, 6.07) is 11.4. The van der Waals surface area contributed by atoms with E-state index in [2.05, 4.69) is 27.1 Å². The summed E-state index contributed by atoms with van der Waals surface area (Å²) in [4.78, 5) is 35.7. The first kappa shape index (κ1) is 21.1. The zero-order valence-corrected chi connectivity index (χ0v) is 18.1. The van der Waals surface area contributed by atoms with Crippen molar-refractivity contribution in [2.45, 2.75) is 26.0 Å². The molecule has 0 aliphatic carbocycles. The third-order valence-corrected chi connectivity index (χ3v) is 5.76. The third-order valence-electron chi connectivity index (χ3n) is 5.76. The maximum absolute atomic E-state index is 12.5. The number of carbonyl (C=O) groups excluding carboxylic acids is 2. The molecule has 1 unspecified atom stereocenters. The van der Waals surface area contributed by atoms with E-state index in [1.54, 1.807) is 18.0 Å². The average Bonchev–Trinajstić information content (AvgIpc) is 2.79. The van der Waals surface area contributed by atoms with Gasteiger partial charge >= 0.3 is 0 Å². The summed E-state index contributed by atoms with van der Waals surface area (Å²) < 4.78 is 5.65. The summed E-state index contributed by atoms with van der Waals surface area (Å²) in [5.74, 6) is 1.40. The maximum atomic E-state index is 12.5. The number of para-hydroxylation sites is 2. The van der Waals surface area contributed by atoms with E-state index in [1.807, 2.05) is 36.4 Å². The van der Waals surface area contributed by atoms with E-state index in [1.165, 1.54) is 0 Å². The number of benzene rings is 1. The number of pyridine rings is 1. The first-order valence-corrected chi connectivity index (χ1v) is 10.7. The van der Waals surface area contributed by atoms with Gasteiger partial charge in [-0.25, -0.2) is 4.98 Å². The Morgan fingerprint density at radius 3 is 2.77 bits per heavy atom. The molecule has 1 aromatic heterocycles. The van der Waals surface area contributed by atoms with E-state index in [9.17, 15) is 9.59 Å². The van der Waals surface area contributed by atoms with Crippen molar-refractivity contribution < 1.29 is 14.3 Å². The van der Waals surface area contributed by atoms with Gasteiger partial charge in [0.15, 0.2) is 6.10 Å². The lowest BCUT2D eigenvalue weighted by atomic mass is 10.1. The van der Waals surface area contributed by atoms with Crippen LogP contribution < -0.4 is 19.9 Å². The standard InChI is InChI=1S/C23H29N5O3/c1-17-23(30)28(19-5-3-4-6-20(19)31-17)10-8-22(29)25-16-18-7-9-24-21(15-18)27-13-11-26(2)12-14-27/h3-7,9,15,17H,8,10-14,16H2,1-2H3,(H,25,29). The van der Waals surface area contributed by atoms with Crippen molar-refractivity contribution in [1.82, 2.24) is 15.2 Å². The number of nitrogens with zero attached hydrogens (tertiary/aromatic N) is 4. The van der Waals surface area contributed by atoms with Gasteiger partial charge in [0, 0.05) is 51.9 Å². The second kappa shape index (κ2) is 9.34. The van der Waals surface area contributed by atoms with E-state index < -0.39 is 6.10 Å². The average molecular weight is 424 g/mol. The number of carbonyl (C=O) groups is 2. The number of piperazine rings is 1. The quantitative estimate of drug-likeness (QED) is 0.761. The molecule has 1 aromatic carbocycles. The zero-order valence-electron chi connectivity index (χ0n) is 18.1. The number of fused-ring (bicyclic) bond motifs is 1. The van der Waals surface area contributed by atoms with Gasteiger partial charge in [-0.1, -0.05) is 12.1 Å². The highest BCUT2D eigenvalue weighted by molar-refractivity contribution is 6.00. The van der Waals surface area contributed by atoms with Crippen LogP contribution in [-0.2, 0) is 16.1 Å². The molecule has 2 aliphatic rings. The molecule has 0 radical (unpaired) electrons. The predicted molar refractivity (Wildman–Crippen MR) is 119 cm³/mol. The number of ether oxygens (including phenoxy) is 1. The molecule has 31 heavy (non-hydrogen) atoms. The number of aromatic nitrogens is 1. The molecule has 1 fully saturated rings. The van der Waals surface area contributed by atoms with E-state index in [4.69, 9.17) is 4.74 Å². The number of hydrogen-bond acceptors (Lipinski definition) is 6. The lowest BCUT2D eigenvalue weighted by Gasteiger charge is -2.33. The number of rotatable bonds is 6. The van der Waals surface area contributed by atoms with Gasteiger partial charge in [0.2, 0.25) is 5.91 Å². The molecule has 2 amide bonds. The molecule has 1 saturated heterocycles. The molecule has 2 aliphatic heterocycles. The monoisotopic (exact) mass is 423 g/mol. The van der Waals surface area contributed by atoms with Crippen LogP contribution >= 0.6 is 0 Å². The minimum absolute atomic E-state index is 0.0950. The van der Waals surface area contributed by atoms with Crippen molar-refractivity contribution in [3.8, 4) is 5.75 Å². The van der Waals surface area contributed by atoms with Crippen molar-refractivity contribution in [2.24, 2.45) is 0 Å². The Hall–Kier alpha value is -3.13. The Balaban J connectivity index is 1.31. The number of hydrogen-bond donors (Lipinski definition) is 1. The highest BCUT2D eigenvalue weighted by Crippen LogP contribution is 2.33. The van der Waals surface area contributed by atoms with Crippen LogP contribution in [0.15, 0.2) is 42.6 Å². The molecule has 2 aromatic rings. The van der Waals surface area contributed by atoms with Gasteiger partial charge in [0.1, 0.15) is 11.6 Å². The Kier molecular flexibility index (Phi) is 6.36. The SMILES string of the molecule is CC1Oc2ccccc2N(CCC(=O)NCc2ccnc(N3CCN(C)CC3)c2)C1=O. The van der Waals surface area contributed by atoms with E-state index in [0.717, 1.165) is 37.6 Å². The lowest BCUT2D eigenvalue weighted by molar-refractivity contribution is -0.125. The van der Waals surface area contributed by atoms with Gasteiger partial charge in [-0.3, -0.25) is 9.59 Å². The highest BCUT2D eigenvalue weighted by Gasteiger charge is 2.31. The minimum Gasteiger partial charge on any atom is -0.479 e. The number of anilines is 2. The fourth-order valence-corrected chi connectivity index (χ4v) is 3.87. The van der Waals surface area contributed by atoms with Crippen molar-refractivity contribution in [3.05, 3.63) is 48.2 Å². The lowest BCUT2D eigenvalue weighted by Crippen LogP contribution is -2.45. The Bertz CT molecular complexity index is 942. The molecule has 8 nitrogen and oxygen atoms in total. The van der Waals surface area contributed by atoms with Crippen LogP contribution in [0.1, 0.15) is 18.9 Å². The molecular formula is C23H29N5O3. The predicted octanol–water partition coefficient (Wildman–Crippen LogP) is 1.65. The molecular weight excluding hydrogens is 394 g/mol. The first-order valence-electron chi connectivity index (χ1n) is 10.7. The number of likely N-dealkylation sites (N-methyl/N-ethyl adjacent to an activating group) is 1. The van der Waals surface area contributed by atoms with Crippen LogP contribution in [0.2, 0.25) is 0 Å². The largest absolute Gasteiger partial charge is 0.479 e. The second-order valence-corrected chi connectivity index (χ2v) is 8.06. The summed E-state index contributed by atoms with van der Waals surface area (Å²) >= 11 is 0. The molecule has 164 valence electrons. The van der Waals surface area contributed by atoms with Crippen LogP contribution in [0.25, 0.3) is 0 Å². The van der Waals surface area contributed by atoms with Crippen LogP contribution in [0.3, 0.4) is 0 Å². The van der Waals surface area contributed by atoms with Crippen LogP contribution in [0.4, 0.5) is 11.5 Å². The van der Waals surface area contributed by atoms with Gasteiger partial charge in [-0.05, 0) is 43.8 Å². The summed E-state index contributed by atoms with van der Waals surface area (Å²) in [6.45, 7) is 6.42. The Labute approximate surface area is 182 Å². The summed E-state index contributed by atoms with van der Waals surface area (Å²) in [5.41, 5.74) is 1.73.